The molecule has 23 heavy (non-hydrogen) atoms. The summed E-state index contributed by atoms with van der Waals surface area (Å²) >= 11 is 0. The van der Waals surface area contributed by atoms with Crippen LogP contribution in [0.4, 0.5) is 0 Å². The van der Waals surface area contributed by atoms with Crippen LogP contribution < -0.4 is 5.32 Å². The number of hydrogen-bond donors (Lipinski definition) is 1. The van der Waals surface area contributed by atoms with Crippen molar-refractivity contribution in [3.63, 3.8) is 0 Å². The van der Waals surface area contributed by atoms with Gasteiger partial charge in [0, 0.05) is 39.4 Å². The molecule has 1 N–H and O–H groups in total. The van der Waals surface area contributed by atoms with Gasteiger partial charge in [-0.05, 0) is 31.9 Å². The van der Waals surface area contributed by atoms with Gasteiger partial charge in [-0.1, -0.05) is 0 Å². The Hall–Kier alpha value is -2.15. The van der Waals surface area contributed by atoms with Crippen molar-refractivity contribution in [1.82, 2.24) is 24.9 Å². The van der Waals surface area contributed by atoms with E-state index in [1.807, 2.05) is 24.7 Å². The van der Waals surface area contributed by atoms with Gasteiger partial charge in [0.05, 0.1) is 11.4 Å². The zero-order valence-corrected chi connectivity index (χ0v) is 13.8. The molecule has 0 saturated carbocycles. The highest BCUT2D eigenvalue weighted by Crippen LogP contribution is 2.32. The van der Waals surface area contributed by atoms with Crippen LogP contribution in [0.3, 0.4) is 0 Å². The van der Waals surface area contributed by atoms with Crippen molar-refractivity contribution in [3.05, 3.63) is 35.4 Å². The fourth-order valence-electron chi connectivity index (χ4n) is 3.18. The molecule has 0 bridgehead atoms. The number of hydrogen-bond acceptors (Lipinski definition) is 4. The number of nitrogens with zero attached hydrogens (tertiary/aromatic N) is 4. The number of aromatic nitrogens is 4. The zero-order valence-electron chi connectivity index (χ0n) is 13.8. The minimum atomic E-state index is -0.0950. The van der Waals surface area contributed by atoms with Gasteiger partial charge in [0.1, 0.15) is 11.8 Å². The lowest BCUT2D eigenvalue weighted by Gasteiger charge is -2.31. The number of carbonyl (C=O) groups is 1. The average molecular weight is 317 g/mol. The number of aryl methyl sites for hydroxylation is 3. The molecule has 0 unspecified atom stereocenters. The minimum Gasteiger partial charge on any atom is -0.372 e. The smallest absolute Gasteiger partial charge is 0.269 e. The van der Waals surface area contributed by atoms with Crippen molar-refractivity contribution >= 4 is 5.91 Å². The molecular weight excluding hydrogens is 294 g/mol. The van der Waals surface area contributed by atoms with Crippen LogP contribution in [0, 0.1) is 12.8 Å². The topological polar surface area (TPSA) is 74.0 Å². The Morgan fingerprint density at radius 2 is 2.26 bits per heavy atom. The maximum absolute atomic E-state index is 12.4. The third kappa shape index (κ3) is 3.29. The van der Waals surface area contributed by atoms with Gasteiger partial charge in [0.15, 0.2) is 0 Å². The maximum Gasteiger partial charge on any atom is 0.269 e. The maximum atomic E-state index is 12.4. The van der Waals surface area contributed by atoms with Gasteiger partial charge in [-0.2, -0.15) is 10.2 Å². The molecule has 3 rings (SSSR count). The van der Waals surface area contributed by atoms with Crippen molar-refractivity contribution in [2.45, 2.75) is 25.9 Å². The highest BCUT2D eigenvalue weighted by atomic mass is 16.5. The Labute approximate surface area is 135 Å². The summed E-state index contributed by atoms with van der Waals surface area (Å²) in [6.07, 6.45) is 3.80. The van der Waals surface area contributed by atoms with Crippen LogP contribution in [0.2, 0.25) is 0 Å². The van der Waals surface area contributed by atoms with E-state index in [1.165, 1.54) is 0 Å². The van der Waals surface area contributed by atoms with Crippen LogP contribution in [-0.4, -0.2) is 38.6 Å². The Balaban J connectivity index is 1.67. The number of nitrogens with one attached hydrogen (secondary N) is 1. The lowest BCUT2D eigenvalue weighted by Crippen LogP contribution is -2.36. The monoisotopic (exact) mass is 317 g/mol. The molecule has 0 aliphatic carbocycles. The molecule has 1 aliphatic heterocycles. The van der Waals surface area contributed by atoms with E-state index in [0.29, 0.717) is 12.2 Å². The second-order valence-corrected chi connectivity index (χ2v) is 6.08. The fourth-order valence-corrected chi connectivity index (χ4v) is 3.18. The van der Waals surface area contributed by atoms with E-state index in [1.54, 1.807) is 24.0 Å². The molecule has 1 fully saturated rings. The first-order valence-electron chi connectivity index (χ1n) is 7.94. The molecule has 0 aromatic carbocycles. The van der Waals surface area contributed by atoms with Gasteiger partial charge in [-0.3, -0.25) is 14.2 Å². The first-order chi connectivity index (χ1) is 11.1. The second-order valence-electron chi connectivity index (χ2n) is 6.08. The van der Waals surface area contributed by atoms with Crippen LogP contribution in [0.1, 0.15) is 40.8 Å². The summed E-state index contributed by atoms with van der Waals surface area (Å²) in [4.78, 5) is 12.4. The minimum absolute atomic E-state index is 0.0233. The molecule has 2 aromatic heterocycles. The highest BCUT2D eigenvalue weighted by Gasteiger charge is 2.30. The predicted molar refractivity (Wildman–Crippen MR) is 84.9 cm³/mol. The quantitative estimate of drug-likeness (QED) is 0.924. The van der Waals surface area contributed by atoms with Gasteiger partial charge in [0.25, 0.3) is 5.91 Å². The van der Waals surface area contributed by atoms with Gasteiger partial charge < -0.3 is 10.1 Å². The molecule has 1 aliphatic rings. The standard InChI is InChI=1S/C16H23N5O2/c1-11-9-14(21(3)19-11)16(22)17-10-12-5-4-8-23-15(12)13-6-7-18-20(13)2/h6-7,9,12,15H,4-5,8,10H2,1-3H3,(H,17,22)/t12-,15+/m0/s1. The molecule has 124 valence electrons. The summed E-state index contributed by atoms with van der Waals surface area (Å²) in [6.45, 7) is 3.21. The molecule has 7 nitrogen and oxygen atoms in total. The van der Waals surface area contributed by atoms with Crippen LogP contribution >= 0.6 is 0 Å². The van der Waals surface area contributed by atoms with Crippen molar-refractivity contribution in [3.8, 4) is 0 Å². The van der Waals surface area contributed by atoms with Crippen LogP contribution in [0.25, 0.3) is 0 Å². The number of amides is 1. The predicted octanol–water partition coefficient (Wildman–Crippen LogP) is 1.36. The largest absolute Gasteiger partial charge is 0.372 e. The van der Waals surface area contributed by atoms with Gasteiger partial charge in [0.2, 0.25) is 0 Å². The molecular formula is C16H23N5O2. The first-order valence-corrected chi connectivity index (χ1v) is 7.94. The molecule has 1 amide bonds. The fraction of sp³-hybridized carbons (Fsp3) is 0.562. The molecule has 3 heterocycles. The van der Waals surface area contributed by atoms with E-state index in [2.05, 4.69) is 15.5 Å². The lowest BCUT2D eigenvalue weighted by molar-refractivity contribution is -0.0317. The Morgan fingerprint density at radius 1 is 1.43 bits per heavy atom. The molecule has 0 spiro atoms. The van der Waals surface area contributed by atoms with Gasteiger partial charge in [-0.15, -0.1) is 0 Å². The van der Waals surface area contributed by atoms with E-state index in [0.717, 1.165) is 30.8 Å². The second kappa shape index (κ2) is 6.54. The van der Waals surface area contributed by atoms with E-state index in [9.17, 15) is 4.79 Å². The first kappa shape index (κ1) is 15.7. The molecule has 1 saturated heterocycles. The number of carbonyl (C=O) groups excluding carboxylic acids is 1. The Kier molecular flexibility index (Phi) is 4.47. The van der Waals surface area contributed by atoms with E-state index in [-0.39, 0.29) is 17.9 Å². The third-order valence-electron chi connectivity index (χ3n) is 4.35. The lowest BCUT2D eigenvalue weighted by atomic mass is 9.92. The zero-order chi connectivity index (χ0) is 16.4. The van der Waals surface area contributed by atoms with E-state index >= 15 is 0 Å². The molecule has 7 heteroatoms. The van der Waals surface area contributed by atoms with E-state index < -0.39 is 0 Å². The number of ether oxygens (including phenoxy) is 1. The number of rotatable bonds is 4. The van der Waals surface area contributed by atoms with Crippen LogP contribution in [0.15, 0.2) is 18.3 Å². The molecule has 2 atom stereocenters. The van der Waals surface area contributed by atoms with Gasteiger partial charge in [-0.25, -0.2) is 0 Å². The summed E-state index contributed by atoms with van der Waals surface area (Å²) in [5.74, 6) is 0.153. The molecule has 2 aromatic rings. The normalized spacial score (nSPS) is 21.3. The summed E-state index contributed by atoms with van der Waals surface area (Å²) in [7, 11) is 3.70. The summed E-state index contributed by atoms with van der Waals surface area (Å²) < 4.78 is 9.41. The van der Waals surface area contributed by atoms with Crippen molar-refractivity contribution in [2.75, 3.05) is 13.2 Å². The SMILES string of the molecule is Cc1cc(C(=O)NC[C@@H]2CCCO[C@H]2c2ccnn2C)n(C)n1. The highest BCUT2D eigenvalue weighted by molar-refractivity contribution is 5.92. The van der Waals surface area contributed by atoms with Crippen LogP contribution in [-0.2, 0) is 18.8 Å². The molecule has 0 radical (unpaired) electrons. The Bertz CT molecular complexity index is 690. The van der Waals surface area contributed by atoms with Crippen molar-refractivity contribution < 1.29 is 9.53 Å². The van der Waals surface area contributed by atoms with Crippen molar-refractivity contribution in [1.29, 1.82) is 0 Å². The van der Waals surface area contributed by atoms with E-state index in [4.69, 9.17) is 4.74 Å². The Morgan fingerprint density at radius 3 is 2.91 bits per heavy atom. The van der Waals surface area contributed by atoms with Gasteiger partial charge >= 0.3 is 0 Å². The third-order valence-corrected chi connectivity index (χ3v) is 4.35. The van der Waals surface area contributed by atoms with Crippen molar-refractivity contribution in [2.24, 2.45) is 20.0 Å². The van der Waals surface area contributed by atoms with Crippen LogP contribution in [0.5, 0.6) is 0 Å². The summed E-state index contributed by atoms with van der Waals surface area (Å²) in [5, 5.41) is 11.5. The average Bonchev–Trinajstić information content (AvgIpc) is 3.10. The summed E-state index contributed by atoms with van der Waals surface area (Å²) in [6, 6.07) is 3.78. The summed E-state index contributed by atoms with van der Waals surface area (Å²) in [5.41, 5.74) is 2.48.